The highest BCUT2D eigenvalue weighted by Gasteiger charge is 2.18. The Labute approximate surface area is 163 Å². The van der Waals surface area contributed by atoms with E-state index in [2.05, 4.69) is 5.32 Å². The van der Waals surface area contributed by atoms with Gasteiger partial charge in [0.1, 0.15) is 17.2 Å². The molecule has 0 fully saturated rings. The second kappa shape index (κ2) is 10.0. The van der Waals surface area contributed by atoms with Gasteiger partial charge in [-0.1, -0.05) is 12.1 Å². The molecule has 28 heavy (non-hydrogen) atoms. The number of nitrogens with one attached hydrogen (secondary N) is 1. The largest absolute Gasteiger partial charge is 0.497 e. The van der Waals surface area contributed by atoms with E-state index in [-0.39, 0.29) is 0 Å². The van der Waals surface area contributed by atoms with E-state index in [0.29, 0.717) is 28.5 Å². The standard InChI is InChI=1S/C21H23NO6/c1-14(21(24)22-17-7-5-6-8-18(17)26-3)28-20(23)12-10-15-9-11-16(25-2)13-19(15)27-4/h5-14H,1-4H3,(H,22,24)/b12-10+/t14-/m0/s1. The van der Waals surface area contributed by atoms with Crippen molar-refractivity contribution < 1.29 is 28.5 Å². The van der Waals surface area contributed by atoms with Gasteiger partial charge in [0.25, 0.3) is 5.91 Å². The van der Waals surface area contributed by atoms with Gasteiger partial charge < -0.3 is 24.3 Å². The maximum Gasteiger partial charge on any atom is 0.331 e. The van der Waals surface area contributed by atoms with Crippen molar-refractivity contribution >= 4 is 23.6 Å². The van der Waals surface area contributed by atoms with Crippen LogP contribution >= 0.6 is 0 Å². The van der Waals surface area contributed by atoms with E-state index in [1.54, 1.807) is 55.7 Å². The Morgan fingerprint density at radius 3 is 2.36 bits per heavy atom. The van der Waals surface area contributed by atoms with Gasteiger partial charge in [0.2, 0.25) is 0 Å². The second-order valence-corrected chi connectivity index (χ2v) is 5.71. The molecule has 7 heteroatoms. The molecule has 0 aliphatic rings. The minimum Gasteiger partial charge on any atom is -0.497 e. The summed E-state index contributed by atoms with van der Waals surface area (Å²) in [5, 5.41) is 2.67. The van der Waals surface area contributed by atoms with E-state index in [1.165, 1.54) is 27.2 Å². The molecule has 0 radical (unpaired) electrons. The van der Waals surface area contributed by atoms with Crippen molar-refractivity contribution in [1.82, 2.24) is 0 Å². The molecule has 0 aromatic heterocycles. The van der Waals surface area contributed by atoms with E-state index in [9.17, 15) is 9.59 Å². The Bertz CT molecular complexity index is 862. The molecule has 0 saturated carbocycles. The van der Waals surface area contributed by atoms with Crippen LogP contribution in [0.3, 0.4) is 0 Å². The number of hydrogen-bond acceptors (Lipinski definition) is 6. The van der Waals surface area contributed by atoms with Crippen molar-refractivity contribution in [1.29, 1.82) is 0 Å². The van der Waals surface area contributed by atoms with Crippen LogP contribution in [0, 0.1) is 0 Å². The number of esters is 1. The highest BCUT2D eigenvalue weighted by atomic mass is 16.5. The lowest BCUT2D eigenvalue weighted by molar-refractivity contribution is -0.148. The van der Waals surface area contributed by atoms with Crippen LogP contribution in [-0.2, 0) is 14.3 Å². The third-order valence-electron chi connectivity index (χ3n) is 3.87. The fraction of sp³-hybridized carbons (Fsp3) is 0.238. The second-order valence-electron chi connectivity index (χ2n) is 5.71. The van der Waals surface area contributed by atoms with Crippen LogP contribution in [0.4, 0.5) is 5.69 Å². The number of carbonyl (C=O) groups excluding carboxylic acids is 2. The summed E-state index contributed by atoms with van der Waals surface area (Å²) in [4.78, 5) is 24.3. The van der Waals surface area contributed by atoms with Gasteiger partial charge in [0.15, 0.2) is 6.10 Å². The van der Waals surface area contributed by atoms with Gasteiger partial charge in [-0.25, -0.2) is 4.79 Å². The van der Waals surface area contributed by atoms with E-state index < -0.39 is 18.0 Å². The van der Waals surface area contributed by atoms with Crippen molar-refractivity contribution in [3.05, 3.63) is 54.1 Å². The summed E-state index contributed by atoms with van der Waals surface area (Å²) < 4.78 is 20.7. The van der Waals surface area contributed by atoms with Gasteiger partial charge in [0, 0.05) is 17.7 Å². The Morgan fingerprint density at radius 2 is 1.68 bits per heavy atom. The molecular weight excluding hydrogens is 362 g/mol. The lowest BCUT2D eigenvalue weighted by atomic mass is 10.1. The van der Waals surface area contributed by atoms with Crippen LogP contribution in [0.5, 0.6) is 17.2 Å². The maximum atomic E-state index is 12.3. The van der Waals surface area contributed by atoms with Gasteiger partial charge in [-0.15, -0.1) is 0 Å². The predicted molar refractivity (Wildman–Crippen MR) is 106 cm³/mol. The number of methoxy groups -OCH3 is 3. The summed E-state index contributed by atoms with van der Waals surface area (Å²) in [7, 11) is 4.58. The number of amides is 1. The number of anilines is 1. The molecule has 0 spiro atoms. The summed E-state index contributed by atoms with van der Waals surface area (Å²) >= 11 is 0. The number of carbonyl (C=O) groups is 2. The predicted octanol–water partition coefficient (Wildman–Crippen LogP) is 3.30. The lowest BCUT2D eigenvalue weighted by Gasteiger charge is -2.14. The molecule has 0 aliphatic heterocycles. The van der Waals surface area contributed by atoms with Gasteiger partial charge in [0.05, 0.1) is 27.0 Å². The molecule has 1 amide bonds. The zero-order chi connectivity index (χ0) is 20.5. The zero-order valence-corrected chi connectivity index (χ0v) is 16.2. The summed E-state index contributed by atoms with van der Waals surface area (Å²) in [6.07, 6.45) is 1.79. The highest BCUT2D eigenvalue weighted by molar-refractivity contribution is 5.97. The van der Waals surface area contributed by atoms with Crippen LogP contribution in [-0.4, -0.2) is 39.3 Å². The van der Waals surface area contributed by atoms with Crippen LogP contribution in [0.25, 0.3) is 6.08 Å². The zero-order valence-electron chi connectivity index (χ0n) is 16.2. The minimum absolute atomic E-state index is 0.465. The van der Waals surface area contributed by atoms with Crippen molar-refractivity contribution in [3.63, 3.8) is 0 Å². The normalized spacial score (nSPS) is 11.6. The maximum absolute atomic E-state index is 12.3. The molecule has 0 aliphatic carbocycles. The molecule has 0 bridgehead atoms. The molecule has 2 rings (SSSR count). The van der Waals surface area contributed by atoms with Crippen LogP contribution in [0.15, 0.2) is 48.5 Å². The fourth-order valence-electron chi connectivity index (χ4n) is 2.36. The third-order valence-corrected chi connectivity index (χ3v) is 3.87. The van der Waals surface area contributed by atoms with Crippen LogP contribution < -0.4 is 19.5 Å². The first kappa shape index (κ1) is 20.8. The number of rotatable bonds is 8. The number of para-hydroxylation sites is 2. The fourth-order valence-corrected chi connectivity index (χ4v) is 2.36. The highest BCUT2D eigenvalue weighted by Crippen LogP contribution is 2.26. The average molecular weight is 385 g/mol. The Balaban J connectivity index is 1.98. The Morgan fingerprint density at radius 1 is 0.964 bits per heavy atom. The minimum atomic E-state index is -0.986. The smallest absolute Gasteiger partial charge is 0.331 e. The van der Waals surface area contributed by atoms with E-state index in [0.717, 1.165) is 0 Å². The Hall–Kier alpha value is -3.48. The van der Waals surface area contributed by atoms with Crippen LogP contribution in [0.1, 0.15) is 12.5 Å². The lowest BCUT2D eigenvalue weighted by Crippen LogP contribution is -2.29. The van der Waals surface area contributed by atoms with Gasteiger partial charge in [-0.05, 0) is 37.3 Å². The molecule has 1 N–H and O–H groups in total. The molecule has 148 valence electrons. The molecule has 0 heterocycles. The monoisotopic (exact) mass is 385 g/mol. The quantitative estimate of drug-likeness (QED) is 0.555. The van der Waals surface area contributed by atoms with E-state index >= 15 is 0 Å². The molecule has 2 aromatic carbocycles. The number of benzene rings is 2. The SMILES string of the molecule is COc1ccc(/C=C/C(=O)O[C@@H](C)C(=O)Nc2ccccc2OC)c(OC)c1. The molecule has 0 saturated heterocycles. The summed E-state index contributed by atoms with van der Waals surface area (Å²) in [5.41, 5.74) is 1.17. The van der Waals surface area contributed by atoms with Crippen LogP contribution in [0.2, 0.25) is 0 Å². The summed E-state index contributed by atoms with van der Waals surface area (Å²) in [6.45, 7) is 1.49. The molecule has 1 atom stereocenters. The van der Waals surface area contributed by atoms with Gasteiger partial charge in [-0.2, -0.15) is 0 Å². The first-order chi connectivity index (χ1) is 13.5. The van der Waals surface area contributed by atoms with Crippen molar-refractivity contribution in [3.8, 4) is 17.2 Å². The number of ether oxygens (including phenoxy) is 4. The third kappa shape index (κ3) is 5.51. The first-order valence-electron chi connectivity index (χ1n) is 8.53. The Kier molecular flexibility index (Phi) is 7.45. The van der Waals surface area contributed by atoms with Crippen molar-refractivity contribution in [2.45, 2.75) is 13.0 Å². The van der Waals surface area contributed by atoms with Gasteiger partial charge >= 0.3 is 5.97 Å². The summed E-state index contributed by atoms with van der Waals surface area (Å²) in [6, 6.07) is 12.2. The van der Waals surface area contributed by atoms with Gasteiger partial charge in [-0.3, -0.25) is 4.79 Å². The molecule has 2 aromatic rings. The van der Waals surface area contributed by atoms with Crippen molar-refractivity contribution in [2.24, 2.45) is 0 Å². The summed E-state index contributed by atoms with van der Waals surface area (Å²) in [5.74, 6) is 0.582. The molecule has 0 unspecified atom stereocenters. The average Bonchev–Trinajstić information content (AvgIpc) is 2.72. The topological polar surface area (TPSA) is 83.1 Å². The molecule has 7 nitrogen and oxygen atoms in total. The van der Waals surface area contributed by atoms with Crippen molar-refractivity contribution in [2.75, 3.05) is 26.6 Å². The number of hydrogen-bond donors (Lipinski definition) is 1. The molecular formula is C21H23NO6. The first-order valence-corrected chi connectivity index (χ1v) is 8.53. The van der Waals surface area contributed by atoms with E-state index in [4.69, 9.17) is 18.9 Å². The van der Waals surface area contributed by atoms with E-state index in [1.807, 2.05) is 0 Å².